The van der Waals surface area contributed by atoms with E-state index in [0.717, 1.165) is 6.42 Å². The zero-order chi connectivity index (χ0) is 17.9. The summed E-state index contributed by atoms with van der Waals surface area (Å²) in [6, 6.07) is 4.40. The molecule has 2 aliphatic heterocycles. The van der Waals surface area contributed by atoms with Gasteiger partial charge < -0.3 is 19.5 Å². The maximum Gasteiger partial charge on any atom is 0.241 e. The Bertz CT molecular complexity index is 745. The van der Waals surface area contributed by atoms with Gasteiger partial charge in [0.2, 0.25) is 15.9 Å². The molecule has 3 rings (SSSR count). The molecule has 25 heavy (non-hydrogen) atoms. The third-order valence-electron chi connectivity index (χ3n) is 4.07. The Morgan fingerprint density at radius 2 is 1.92 bits per heavy atom. The Morgan fingerprint density at radius 1 is 1.20 bits per heavy atom. The first kappa shape index (κ1) is 18.0. The highest BCUT2D eigenvalue weighted by Gasteiger charge is 2.33. The summed E-state index contributed by atoms with van der Waals surface area (Å²) in [6.07, 6.45) is 0.735. The highest BCUT2D eigenvalue weighted by atomic mass is 32.2. The van der Waals surface area contributed by atoms with Crippen molar-refractivity contribution >= 4 is 15.9 Å². The first-order valence-corrected chi connectivity index (χ1v) is 9.60. The lowest BCUT2D eigenvalue weighted by Gasteiger charge is -2.38. The molecule has 1 aromatic rings. The third-order valence-corrected chi connectivity index (χ3v) is 5.46. The topological polar surface area (TPSA) is 103 Å². The summed E-state index contributed by atoms with van der Waals surface area (Å²) in [5.41, 5.74) is -0.0666. The molecular weight excluding hydrogens is 348 g/mol. The molecule has 2 aliphatic rings. The van der Waals surface area contributed by atoms with E-state index in [2.05, 4.69) is 10.0 Å². The number of hydrogen-bond acceptors (Lipinski definition) is 6. The standard InChI is InChI=1S/C16H22N2O6S/c1-16(10-22-11-16)9-17-15(19)8-18-25(20,21)12-3-4-13-14(7-12)24-6-2-5-23-13/h3-4,7,18H,2,5-6,8-11H2,1H3,(H,17,19). The molecule has 2 heterocycles. The van der Waals surface area contributed by atoms with Gasteiger partial charge in [-0.15, -0.1) is 0 Å². The summed E-state index contributed by atoms with van der Waals surface area (Å²) < 4.78 is 43.1. The van der Waals surface area contributed by atoms with Gasteiger partial charge in [-0.3, -0.25) is 4.79 Å². The Hall–Kier alpha value is -1.84. The van der Waals surface area contributed by atoms with Crippen molar-refractivity contribution in [2.45, 2.75) is 18.2 Å². The van der Waals surface area contributed by atoms with Gasteiger partial charge in [-0.1, -0.05) is 6.92 Å². The lowest BCUT2D eigenvalue weighted by Crippen LogP contribution is -2.50. The van der Waals surface area contributed by atoms with E-state index in [0.29, 0.717) is 44.5 Å². The zero-order valence-electron chi connectivity index (χ0n) is 14.0. The number of rotatable bonds is 6. The molecule has 0 saturated carbocycles. The summed E-state index contributed by atoms with van der Waals surface area (Å²) in [7, 11) is -3.82. The second-order valence-electron chi connectivity index (χ2n) is 6.56. The summed E-state index contributed by atoms with van der Waals surface area (Å²) in [5.74, 6) is 0.527. The van der Waals surface area contributed by atoms with Crippen LogP contribution in [-0.4, -0.2) is 53.8 Å². The molecule has 1 amide bonds. The lowest BCUT2D eigenvalue weighted by molar-refractivity contribution is -0.125. The predicted molar refractivity (Wildman–Crippen MR) is 89.2 cm³/mol. The second-order valence-corrected chi connectivity index (χ2v) is 8.33. The molecule has 1 aromatic carbocycles. The molecule has 1 fully saturated rings. The number of hydrogen-bond donors (Lipinski definition) is 2. The van der Waals surface area contributed by atoms with Gasteiger partial charge in [0, 0.05) is 24.4 Å². The van der Waals surface area contributed by atoms with Gasteiger partial charge in [-0.2, -0.15) is 0 Å². The van der Waals surface area contributed by atoms with E-state index in [1.807, 2.05) is 6.92 Å². The van der Waals surface area contributed by atoms with Crippen LogP contribution in [0, 0.1) is 5.41 Å². The molecule has 0 radical (unpaired) electrons. The molecule has 1 saturated heterocycles. The first-order chi connectivity index (χ1) is 11.9. The fourth-order valence-electron chi connectivity index (χ4n) is 2.48. The average molecular weight is 370 g/mol. The first-order valence-electron chi connectivity index (χ1n) is 8.12. The van der Waals surface area contributed by atoms with Crippen LogP contribution >= 0.6 is 0 Å². The predicted octanol–water partition coefficient (Wildman–Crippen LogP) is 0.279. The van der Waals surface area contributed by atoms with Crippen molar-refractivity contribution in [2.24, 2.45) is 5.41 Å². The van der Waals surface area contributed by atoms with Crippen molar-refractivity contribution in [3.05, 3.63) is 18.2 Å². The minimum atomic E-state index is -3.82. The molecular formula is C16H22N2O6S. The van der Waals surface area contributed by atoms with Crippen LogP contribution < -0.4 is 19.5 Å². The number of carbonyl (C=O) groups is 1. The van der Waals surface area contributed by atoms with E-state index in [1.165, 1.54) is 12.1 Å². The van der Waals surface area contributed by atoms with Crippen LogP contribution in [0.15, 0.2) is 23.1 Å². The fraction of sp³-hybridized carbons (Fsp3) is 0.562. The lowest BCUT2D eigenvalue weighted by atomic mass is 9.89. The van der Waals surface area contributed by atoms with Crippen LogP contribution in [0.25, 0.3) is 0 Å². The molecule has 9 heteroatoms. The molecule has 8 nitrogen and oxygen atoms in total. The van der Waals surface area contributed by atoms with Crippen LogP contribution in [0.1, 0.15) is 13.3 Å². The van der Waals surface area contributed by atoms with E-state index < -0.39 is 10.0 Å². The van der Waals surface area contributed by atoms with E-state index in [1.54, 1.807) is 6.07 Å². The number of sulfonamides is 1. The van der Waals surface area contributed by atoms with E-state index in [9.17, 15) is 13.2 Å². The Kier molecular flexibility index (Phi) is 5.16. The molecule has 0 atom stereocenters. The minimum absolute atomic E-state index is 0.0314. The van der Waals surface area contributed by atoms with Gasteiger partial charge in [0.05, 0.1) is 37.9 Å². The molecule has 138 valence electrons. The zero-order valence-corrected chi connectivity index (χ0v) is 14.9. The van der Waals surface area contributed by atoms with Crippen molar-refractivity contribution in [3.8, 4) is 11.5 Å². The van der Waals surface area contributed by atoms with E-state index in [-0.39, 0.29) is 22.8 Å². The van der Waals surface area contributed by atoms with Gasteiger partial charge in [-0.25, -0.2) is 13.1 Å². The summed E-state index contributed by atoms with van der Waals surface area (Å²) >= 11 is 0. The van der Waals surface area contributed by atoms with Crippen molar-refractivity contribution in [1.29, 1.82) is 0 Å². The summed E-state index contributed by atoms with van der Waals surface area (Å²) in [6.45, 7) is 4.31. The molecule has 0 aliphatic carbocycles. The van der Waals surface area contributed by atoms with E-state index in [4.69, 9.17) is 14.2 Å². The number of fused-ring (bicyclic) bond motifs is 1. The summed E-state index contributed by atoms with van der Waals surface area (Å²) in [5, 5.41) is 2.72. The maximum absolute atomic E-state index is 12.4. The number of amides is 1. The van der Waals surface area contributed by atoms with Crippen LogP contribution in [0.4, 0.5) is 0 Å². The highest BCUT2D eigenvalue weighted by Crippen LogP contribution is 2.31. The Morgan fingerprint density at radius 3 is 2.60 bits per heavy atom. The van der Waals surface area contributed by atoms with Crippen molar-refractivity contribution < 1.29 is 27.4 Å². The number of ether oxygens (including phenoxy) is 3. The maximum atomic E-state index is 12.4. The molecule has 0 bridgehead atoms. The monoisotopic (exact) mass is 370 g/mol. The van der Waals surface area contributed by atoms with Crippen LogP contribution in [0.3, 0.4) is 0 Å². The fourth-order valence-corrected chi connectivity index (χ4v) is 3.48. The SMILES string of the molecule is CC1(CNC(=O)CNS(=O)(=O)c2ccc3c(c2)OCCCO3)COC1. The van der Waals surface area contributed by atoms with Gasteiger partial charge >= 0.3 is 0 Å². The smallest absolute Gasteiger partial charge is 0.241 e. The largest absolute Gasteiger partial charge is 0.490 e. The van der Waals surface area contributed by atoms with Gasteiger partial charge in [0.1, 0.15) is 0 Å². The van der Waals surface area contributed by atoms with Gasteiger partial charge in [-0.05, 0) is 12.1 Å². The highest BCUT2D eigenvalue weighted by molar-refractivity contribution is 7.89. The van der Waals surface area contributed by atoms with Gasteiger partial charge in [0.15, 0.2) is 11.5 Å². The molecule has 0 unspecified atom stereocenters. The van der Waals surface area contributed by atoms with Crippen molar-refractivity contribution in [2.75, 3.05) is 39.5 Å². The average Bonchev–Trinajstić information content (AvgIpc) is 2.81. The number of carbonyl (C=O) groups excluding carboxylic acids is 1. The number of nitrogens with one attached hydrogen (secondary N) is 2. The minimum Gasteiger partial charge on any atom is -0.490 e. The van der Waals surface area contributed by atoms with Crippen molar-refractivity contribution in [3.63, 3.8) is 0 Å². The van der Waals surface area contributed by atoms with E-state index >= 15 is 0 Å². The van der Waals surface area contributed by atoms with Crippen molar-refractivity contribution in [1.82, 2.24) is 10.0 Å². The van der Waals surface area contributed by atoms with Gasteiger partial charge in [0.25, 0.3) is 0 Å². The summed E-state index contributed by atoms with van der Waals surface area (Å²) in [4.78, 5) is 11.9. The molecule has 0 aromatic heterocycles. The van der Waals surface area contributed by atoms with Crippen LogP contribution in [0.5, 0.6) is 11.5 Å². The number of benzene rings is 1. The van der Waals surface area contributed by atoms with Crippen LogP contribution in [0.2, 0.25) is 0 Å². The van der Waals surface area contributed by atoms with Crippen LogP contribution in [-0.2, 0) is 19.6 Å². The third kappa shape index (κ3) is 4.42. The molecule has 0 spiro atoms. The second kappa shape index (κ2) is 7.19. The Labute approximate surface area is 146 Å². The quantitative estimate of drug-likeness (QED) is 0.746. The normalized spacial score (nSPS) is 18.8. The molecule has 2 N–H and O–H groups in total. The Balaban J connectivity index is 1.58.